The Morgan fingerprint density at radius 3 is 1.92 bits per heavy atom. The molecule has 2 fully saturated rings. The van der Waals surface area contributed by atoms with E-state index in [2.05, 4.69) is 23.7 Å². The van der Waals surface area contributed by atoms with Gasteiger partial charge in [-0.3, -0.25) is 4.90 Å². The predicted molar refractivity (Wildman–Crippen MR) is 200 cm³/mol. The Balaban J connectivity index is 1.14. The van der Waals surface area contributed by atoms with E-state index in [0.29, 0.717) is 55.7 Å². The van der Waals surface area contributed by atoms with E-state index in [1.165, 1.54) is 12.1 Å². The van der Waals surface area contributed by atoms with E-state index in [1.807, 2.05) is 86.3 Å². The van der Waals surface area contributed by atoms with Crippen LogP contribution in [0.3, 0.4) is 0 Å². The molecule has 10 heteroatoms. The number of hydrogen-bond donors (Lipinski definition) is 0. The van der Waals surface area contributed by atoms with Crippen LogP contribution >= 0.6 is 0 Å². The second kappa shape index (κ2) is 16.3. The maximum Gasteiger partial charge on any atom is 0.410 e. The van der Waals surface area contributed by atoms with Gasteiger partial charge in [0.2, 0.25) is 11.8 Å². The molecule has 2 aliphatic rings. The zero-order valence-corrected chi connectivity index (χ0v) is 30.9. The van der Waals surface area contributed by atoms with E-state index in [9.17, 15) is 4.79 Å². The largest absolute Gasteiger partial charge is 0.473 e. The number of nitrogens with zero attached hydrogens (tertiary/aromatic N) is 4. The van der Waals surface area contributed by atoms with Crippen molar-refractivity contribution in [2.24, 2.45) is 5.92 Å². The van der Waals surface area contributed by atoms with Crippen LogP contribution in [-0.4, -0.2) is 71.3 Å². The number of likely N-dealkylation sites (tertiary alicyclic amines) is 1. The molecule has 0 aliphatic carbocycles. The Labute approximate surface area is 306 Å². The minimum Gasteiger partial charge on any atom is -0.473 e. The first kappa shape index (κ1) is 37.1. The summed E-state index contributed by atoms with van der Waals surface area (Å²) in [5.74, 6) is -0.243. The van der Waals surface area contributed by atoms with Crippen molar-refractivity contribution in [2.45, 2.75) is 78.4 Å². The molecule has 0 unspecified atom stereocenters. The first-order valence-corrected chi connectivity index (χ1v) is 18.3. The van der Waals surface area contributed by atoms with Crippen molar-refractivity contribution in [3.63, 3.8) is 0 Å². The predicted octanol–water partition coefficient (Wildman–Crippen LogP) is 8.73. The fourth-order valence-corrected chi connectivity index (χ4v) is 7.14. The molecule has 2 atom stereocenters. The molecule has 0 saturated carbocycles. The number of ether oxygens (including phenoxy) is 3. The normalized spacial score (nSPS) is 18.7. The van der Waals surface area contributed by atoms with Crippen molar-refractivity contribution in [3.05, 3.63) is 108 Å². The maximum atomic E-state index is 16.1. The molecule has 276 valence electrons. The Hall–Kier alpha value is -4.70. The van der Waals surface area contributed by atoms with Crippen molar-refractivity contribution in [2.75, 3.05) is 37.6 Å². The highest BCUT2D eigenvalue weighted by Crippen LogP contribution is 2.37. The van der Waals surface area contributed by atoms with Gasteiger partial charge in [-0.15, -0.1) is 0 Å². The molecule has 4 aromatic rings. The average molecular weight is 713 g/mol. The average Bonchev–Trinajstić information content (AvgIpc) is 3.11. The zero-order valence-electron chi connectivity index (χ0n) is 30.9. The van der Waals surface area contributed by atoms with Gasteiger partial charge in [0.25, 0.3) is 0 Å². The van der Waals surface area contributed by atoms with Gasteiger partial charge in [-0.25, -0.2) is 13.6 Å². The molecule has 1 amide bonds. The van der Waals surface area contributed by atoms with E-state index < -0.39 is 17.2 Å². The van der Waals surface area contributed by atoms with Crippen molar-refractivity contribution in [3.8, 4) is 22.9 Å². The van der Waals surface area contributed by atoms with Crippen LogP contribution in [0.15, 0.2) is 84.9 Å². The minimum atomic E-state index is -0.629. The van der Waals surface area contributed by atoms with Crippen molar-refractivity contribution >= 4 is 11.8 Å². The number of aromatic nitrogens is 1. The summed E-state index contributed by atoms with van der Waals surface area (Å²) in [5.41, 5.74) is 2.20. The molecule has 0 bridgehead atoms. The quantitative estimate of drug-likeness (QED) is 0.163. The lowest BCUT2D eigenvalue weighted by atomic mass is 9.94. The molecule has 0 N–H and O–H groups in total. The molecule has 2 saturated heterocycles. The number of hydrogen-bond acceptors (Lipinski definition) is 7. The van der Waals surface area contributed by atoms with E-state index in [1.54, 1.807) is 17.0 Å². The van der Waals surface area contributed by atoms with Gasteiger partial charge in [-0.1, -0.05) is 60.7 Å². The highest BCUT2D eigenvalue weighted by atomic mass is 19.1. The third kappa shape index (κ3) is 9.39. The van der Waals surface area contributed by atoms with Crippen LogP contribution in [-0.2, 0) is 18.0 Å². The molecule has 3 aromatic carbocycles. The third-order valence-corrected chi connectivity index (χ3v) is 9.76. The highest BCUT2D eigenvalue weighted by Gasteiger charge is 2.35. The molecular weight excluding hydrogens is 662 g/mol. The van der Waals surface area contributed by atoms with Crippen LogP contribution in [0.1, 0.15) is 58.6 Å². The summed E-state index contributed by atoms with van der Waals surface area (Å²) < 4.78 is 49.8. The second-order valence-electron chi connectivity index (χ2n) is 15.0. The summed E-state index contributed by atoms with van der Waals surface area (Å²) in [5, 5.41) is 0. The number of carbonyl (C=O) groups is 1. The van der Waals surface area contributed by atoms with Crippen molar-refractivity contribution in [1.29, 1.82) is 0 Å². The summed E-state index contributed by atoms with van der Waals surface area (Å²) in [7, 11) is 0. The second-order valence-corrected chi connectivity index (χ2v) is 15.0. The van der Waals surface area contributed by atoms with Crippen LogP contribution in [0.4, 0.5) is 19.3 Å². The number of pyridine rings is 1. The van der Waals surface area contributed by atoms with Crippen LogP contribution in [0.2, 0.25) is 0 Å². The van der Waals surface area contributed by atoms with Crippen LogP contribution in [0, 0.1) is 17.6 Å². The molecule has 0 spiro atoms. The summed E-state index contributed by atoms with van der Waals surface area (Å²) in [6.45, 7) is 13.6. The number of amides is 1. The fraction of sp³-hybridized carbons (Fsp3) is 0.429. The van der Waals surface area contributed by atoms with Crippen molar-refractivity contribution < 1.29 is 27.8 Å². The monoisotopic (exact) mass is 712 g/mol. The smallest absolute Gasteiger partial charge is 0.410 e. The number of halogens is 2. The third-order valence-electron chi connectivity index (χ3n) is 9.76. The van der Waals surface area contributed by atoms with Gasteiger partial charge < -0.3 is 24.0 Å². The topological polar surface area (TPSA) is 67.4 Å². The van der Waals surface area contributed by atoms with Crippen LogP contribution < -0.4 is 14.4 Å². The molecule has 8 nitrogen and oxygen atoms in total. The van der Waals surface area contributed by atoms with Gasteiger partial charge in [0.05, 0.1) is 0 Å². The van der Waals surface area contributed by atoms with Crippen molar-refractivity contribution in [1.82, 2.24) is 14.8 Å². The number of piperidine rings is 1. The van der Waals surface area contributed by atoms with Crippen LogP contribution in [0.5, 0.6) is 11.8 Å². The van der Waals surface area contributed by atoms with E-state index in [4.69, 9.17) is 14.2 Å². The molecule has 0 radical (unpaired) electrons. The summed E-state index contributed by atoms with van der Waals surface area (Å²) in [6, 6.07) is 25.8. The molecule has 6 rings (SSSR count). The lowest BCUT2D eigenvalue weighted by Gasteiger charge is -2.47. The van der Waals surface area contributed by atoms with Crippen LogP contribution in [0.25, 0.3) is 11.1 Å². The maximum absolute atomic E-state index is 16.1. The summed E-state index contributed by atoms with van der Waals surface area (Å²) in [4.78, 5) is 23.2. The number of anilines is 1. The number of benzene rings is 3. The van der Waals surface area contributed by atoms with Gasteiger partial charge in [0, 0.05) is 56.4 Å². The van der Waals surface area contributed by atoms with E-state index >= 15 is 8.78 Å². The van der Waals surface area contributed by atoms with E-state index in [-0.39, 0.29) is 36.4 Å². The minimum absolute atomic E-state index is 0.0182. The zero-order chi connectivity index (χ0) is 36.8. The first-order valence-electron chi connectivity index (χ1n) is 18.3. The van der Waals surface area contributed by atoms with Gasteiger partial charge in [0.15, 0.2) is 0 Å². The Morgan fingerprint density at radius 2 is 1.37 bits per heavy atom. The first-order chi connectivity index (χ1) is 24.9. The molecule has 1 aromatic heterocycles. The molecular formula is C42H50F2N4O4. The number of piperazine rings is 1. The van der Waals surface area contributed by atoms with Gasteiger partial charge in [0.1, 0.15) is 36.1 Å². The number of carbonyl (C=O) groups excluding carboxylic acids is 1. The summed E-state index contributed by atoms with van der Waals surface area (Å²) >= 11 is 0. The molecule has 52 heavy (non-hydrogen) atoms. The SMILES string of the molecule is C[C@@H]1CN(c2c(F)cc(-c3ccc(OCc4ccccc4)nc3OCc3ccccc3)cc2F)C[C@H](C)N1CC1CCN(C(=O)OC(C)(C)C)CC1. The van der Waals surface area contributed by atoms with Gasteiger partial charge in [-0.2, -0.15) is 4.98 Å². The number of rotatable bonds is 10. The van der Waals surface area contributed by atoms with Gasteiger partial charge >= 0.3 is 6.09 Å². The van der Waals surface area contributed by atoms with Gasteiger partial charge in [-0.05, 0) is 88.3 Å². The Morgan fingerprint density at radius 1 is 0.808 bits per heavy atom. The fourth-order valence-electron chi connectivity index (χ4n) is 7.14. The Bertz CT molecular complexity index is 1760. The summed E-state index contributed by atoms with van der Waals surface area (Å²) in [6.07, 6.45) is 1.54. The van der Waals surface area contributed by atoms with E-state index in [0.717, 1.165) is 30.5 Å². The lowest BCUT2D eigenvalue weighted by Crippen LogP contribution is -2.58. The Kier molecular flexibility index (Phi) is 11.6. The standard InChI is InChI=1S/C42H50F2N4O4/c1-29-24-47(25-30(2)48(29)26-31-18-20-46(21-19-31)41(49)52-42(3,4)5)39-36(43)22-34(23-37(39)44)35-16-17-38(50-27-32-12-8-6-9-13-32)45-40(35)51-28-33-14-10-7-11-15-33/h6-17,22-23,29-31H,18-21,24-28H2,1-5H3/t29-,30+. The highest BCUT2D eigenvalue weighted by molar-refractivity contribution is 5.72. The lowest BCUT2D eigenvalue weighted by molar-refractivity contribution is 0.0145. The molecule has 2 aliphatic heterocycles. The molecule has 3 heterocycles.